The summed E-state index contributed by atoms with van der Waals surface area (Å²) in [5.41, 5.74) is 3.94. The third-order valence-electron chi connectivity index (χ3n) is 4.49. The van der Waals surface area contributed by atoms with Gasteiger partial charge in [-0.05, 0) is 30.7 Å². The van der Waals surface area contributed by atoms with Crippen LogP contribution in [-0.2, 0) is 13.0 Å². The lowest BCUT2D eigenvalue weighted by Gasteiger charge is -2.18. The Morgan fingerprint density at radius 1 is 1.00 bits per heavy atom. The number of hydrogen-bond donors (Lipinski definition) is 0. The summed E-state index contributed by atoms with van der Waals surface area (Å²) in [7, 11) is 2.03. The summed E-state index contributed by atoms with van der Waals surface area (Å²) in [5.74, 6) is 1.53. The topological polar surface area (TPSA) is 59.7 Å². The zero-order valence-corrected chi connectivity index (χ0v) is 16.0. The first-order valence-corrected chi connectivity index (χ1v) is 9.32. The van der Waals surface area contributed by atoms with Gasteiger partial charge in [0.15, 0.2) is 5.82 Å². The molecule has 4 aromatic rings. The number of benzene rings is 1. The first-order chi connectivity index (χ1) is 13.7. The minimum atomic E-state index is 0.654. The van der Waals surface area contributed by atoms with Crippen LogP contribution in [0.5, 0.6) is 0 Å². The molecular formula is C22H22N6. The lowest BCUT2D eigenvalue weighted by molar-refractivity contribution is 0.870. The van der Waals surface area contributed by atoms with Gasteiger partial charge in [-0.15, -0.1) is 0 Å². The van der Waals surface area contributed by atoms with Gasteiger partial charge in [0, 0.05) is 43.3 Å². The average molecular weight is 370 g/mol. The molecule has 0 aliphatic carbocycles. The zero-order chi connectivity index (χ0) is 19.3. The second-order valence-corrected chi connectivity index (χ2v) is 6.59. The van der Waals surface area contributed by atoms with Crippen molar-refractivity contribution in [3.05, 3.63) is 84.4 Å². The standard InChI is InChI=1S/C22H22N6/c1-3-18-13-21(26-22(25-18)20-11-7-8-12-23-20)27(2)15-17-14-24-28(16-17)19-9-5-4-6-10-19/h4-14,16H,3,15H2,1-2H3. The maximum absolute atomic E-state index is 4.74. The van der Waals surface area contributed by atoms with Gasteiger partial charge in [0.2, 0.25) is 0 Å². The normalized spacial score (nSPS) is 10.8. The number of aryl methyl sites for hydroxylation is 1. The van der Waals surface area contributed by atoms with Gasteiger partial charge in [0.25, 0.3) is 0 Å². The number of para-hydroxylation sites is 1. The maximum atomic E-state index is 4.74. The van der Waals surface area contributed by atoms with Crippen molar-refractivity contribution in [2.75, 3.05) is 11.9 Å². The molecule has 4 rings (SSSR count). The van der Waals surface area contributed by atoms with Crippen molar-refractivity contribution in [1.82, 2.24) is 24.7 Å². The summed E-state index contributed by atoms with van der Waals surface area (Å²) >= 11 is 0. The molecule has 0 fully saturated rings. The largest absolute Gasteiger partial charge is 0.355 e. The Morgan fingerprint density at radius 2 is 1.82 bits per heavy atom. The summed E-state index contributed by atoms with van der Waals surface area (Å²) < 4.78 is 1.89. The molecule has 0 bridgehead atoms. The summed E-state index contributed by atoms with van der Waals surface area (Å²) in [6.45, 7) is 2.80. The van der Waals surface area contributed by atoms with Crippen LogP contribution >= 0.6 is 0 Å². The quantitative estimate of drug-likeness (QED) is 0.515. The van der Waals surface area contributed by atoms with Gasteiger partial charge in [0.1, 0.15) is 11.5 Å². The Hall–Kier alpha value is -3.54. The van der Waals surface area contributed by atoms with Gasteiger partial charge in [-0.3, -0.25) is 4.98 Å². The second-order valence-electron chi connectivity index (χ2n) is 6.59. The molecule has 0 N–H and O–H groups in total. The summed E-state index contributed by atoms with van der Waals surface area (Å²) in [6, 6.07) is 17.9. The first kappa shape index (κ1) is 17.9. The predicted octanol–water partition coefficient (Wildman–Crippen LogP) is 3.92. The molecule has 6 heteroatoms. The van der Waals surface area contributed by atoms with Crippen molar-refractivity contribution in [1.29, 1.82) is 0 Å². The van der Waals surface area contributed by atoms with Gasteiger partial charge in [-0.25, -0.2) is 14.6 Å². The lowest BCUT2D eigenvalue weighted by atomic mass is 10.2. The molecule has 3 heterocycles. The number of anilines is 1. The van der Waals surface area contributed by atoms with Crippen molar-refractivity contribution >= 4 is 5.82 Å². The summed E-state index contributed by atoms with van der Waals surface area (Å²) in [4.78, 5) is 15.9. The molecule has 1 aromatic carbocycles. The van der Waals surface area contributed by atoms with E-state index in [2.05, 4.69) is 26.9 Å². The number of hydrogen-bond acceptors (Lipinski definition) is 5. The third-order valence-corrected chi connectivity index (χ3v) is 4.49. The van der Waals surface area contributed by atoms with Crippen LogP contribution in [0.1, 0.15) is 18.2 Å². The van der Waals surface area contributed by atoms with E-state index in [-0.39, 0.29) is 0 Å². The van der Waals surface area contributed by atoms with E-state index in [1.807, 2.05) is 78.7 Å². The zero-order valence-electron chi connectivity index (χ0n) is 16.0. The number of aromatic nitrogens is 5. The number of nitrogens with zero attached hydrogens (tertiary/aromatic N) is 6. The fourth-order valence-corrected chi connectivity index (χ4v) is 2.99. The average Bonchev–Trinajstić information content (AvgIpc) is 3.23. The molecule has 0 unspecified atom stereocenters. The van der Waals surface area contributed by atoms with Gasteiger partial charge in [-0.1, -0.05) is 31.2 Å². The molecule has 6 nitrogen and oxygen atoms in total. The van der Waals surface area contributed by atoms with Crippen LogP contribution in [0.3, 0.4) is 0 Å². The highest BCUT2D eigenvalue weighted by Crippen LogP contribution is 2.20. The molecule has 0 amide bonds. The van der Waals surface area contributed by atoms with Gasteiger partial charge < -0.3 is 4.90 Å². The van der Waals surface area contributed by atoms with E-state index < -0.39 is 0 Å². The SMILES string of the molecule is CCc1cc(N(C)Cc2cnn(-c3ccccc3)c2)nc(-c2ccccn2)n1. The monoisotopic (exact) mass is 370 g/mol. The van der Waals surface area contributed by atoms with Crippen molar-refractivity contribution in [2.24, 2.45) is 0 Å². The van der Waals surface area contributed by atoms with Crippen molar-refractivity contribution in [2.45, 2.75) is 19.9 Å². The molecule has 3 aromatic heterocycles. The molecule has 0 saturated heterocycles. The van der Waals surface area contributed by atoms with E-state index in [1.165, 1.54) is 0 Å². The third kappa shape index (κ3) is 3.91. The van der Waals surface area contributed by atoms with E-state index in [0.717, 1.165) is 34.9 Å². The maximum Gasteiger partial charge on any atom is 0.180 e. The first-order valence-electron chi connectivity index (χ1n) is 9.32. The molecule has 0 atom stereocenters. The van der Waals surface area contributed by atoms with Gasteiger partial charge in [-0.2, -0.15) is 5.10 Å². The van der Waals surface area contributed by atoms with E-state index in [1.54, 1.807) is 6.20 Å². The van der Waals surface area contributed by atoms with Crippen LogP contribution < -0.4 is 4.90 Å². The molecule has 140 valence electrons. The van der Waals surface area contributed by atoms with Crippen molar-refractivity contribution in [3.8, 4) is 17.2 Å². The van der Waals surface area contributed by atoms with Crippen molar-refractivity contribution < 1.29 is 0 Å². The highest BCUT2D eigenvalue weighted by atomic mass is 15.3. The minimum absolute atomic E-state index is 0.654. The molecule has 0 radical (unpaired) electrons. The van der Waals surface area contributed by atoms with Crippen LogP contribution in [-0.4, -0.2) is 31.8 Å². The molecule has 28 heavy (non-hydrogen) atoms. The molecule has 0 aliphatic rings. The van der Waals surface area contributed by atoms with E-state index in [9.17, 15) is 0 Å². The van der Waals surface area contributed by atoms with E-state index in [4.69, 9.17) is 4.98 Å². The molecular weight excluding hydrogens is 348 g/mol. The Morgan fingerprint density at radius 3 is 2.57 bits per heavy atom. The van der Waals surface area contributed by atoms with Crippen LogP contribution in [0, 0.1) is 0 Å². The molecule has 0 spiro atoms. The van der Waals surface area contributed by atoms with Gasteiger partial charge >= 0.3 is 0 Å². The predicted molar refractivity (Wildman–Crippen MR) is 110 cm³/mol. The minimum Gasteiger partial charge on any atom is -0.355 e. The van der Waals surface area contributed by atoms with Crippen LogP contribution in [0.15, 0.2) is 73.2 Å². The summed E-state index contributed by atoms with van der Waals surface area (Å²) in [5, 5.41) is 4.48. The number of pyridine rings is 1. The van der Waals surface area contributed by atoms with Crippen LogP contribution in [0.25, 0.3) is 17.2 Å². The van der Waals surface area contributed by atoms with Crippen molar-refractivity contribution in [3.63, 3.8) is 0 Å². The Balaban J connectivity index is 1.58. The van der Waals surface area contributed by atoms with Gasteiger partial charge in [0.05, 0.1) is 11.9 Å². The Labute approximate surface area is 164 Å². The fraction of sp³-hybridized carbons (Fsp3) is 0.182. The Bertz CT molecular complexity index is 1040. The lowest BCUT2D eigenvalue weighted by Crippen LogP contribution is -2.18. The van der Waals surface area contributed by atoms with E-state index >= 15 is 0 Å². The smallest absolute Gasteiger partial charge is 0.180 e. The van der Waals surface area contributed by atoms with E-state index in [0.29, 0.717) is 12.4 Å². The highest BCUT2D eigenvalue weighted by Gasteiger charge is 2.12. The van der Waals surface area contributed by atoms with Crippen LogP contribution in [0.2, 0.25) is 0 Å². The highest BCUT2D eigenvalue weighted by molar-refractivity contribution is 5.53. The second kappa shape index (κ2) is 8.00. The molecule has 0 aliphatic heterocycles. The Kier molecular flexibility index (Phi) is 5.10. The molecule has 0 saturated carbocycles. The fourth-order valence-electron chi connectivity index (χ4n) is 2.99. The summed E-state index contributed by atoms with van der Waals surface area (Å²) in [6.07, 6.45) is 6.55. The van der Waals surface area contributed by atoms with Crippen LogP contribution in [0.4, 0.5) is 5.82 Å². The number of rotatable bonds is 6.